The van der Waals surface area contributed by atoms with Gasteiger partial charge in [0.15, 0.2) is 8.32 Å². The Hall–Kier alpha value is -1.48. The standard InChI is InChI=1S/C24H31IN2O2Si/c1-17(29-30(5,6)24(2,3)4)18-10-9-11-19(14-18)23(28)21-13-8-7-12-20(21)22-15-27(25)16-26-22/h7-17,23,28H,1-6H3. The fourth-order valence-electron chi connectivity index (χ4n) is 3.26. The number of nitrogens with zero attached hydrogens (tertiary/aromatic N) is 2. The number of aliphatic hydroxyl groups is 1. The quantitative estimate of drug-likeness (QED) is 0.276. The van der Waals surface area contributed by atoms with Crippen molar-refractivity contribution in [3.63, 3.8) is 0 Å². The van der Waals surface area contributed by atoms with Crippen LogP contribution in [0.25, 0.3) is 11.3 Å². The van der Waals surface area contributed by atoms with Gasteiger partial charge >= 0.3 is 0 Å². The second-order valence-electron chi connectivity index (χ2n) is 9.28. The Bertz CT molecular complexity index is 1010. The second kappa shape index (κ2) is 8.94. The summed E-state index contributed by atoms with van der Waals surface area (Å²) in [5.74, 6) is 0. The molecule has 3 aromatic rings. The van der Waals surface area contributed by atoms with Gasteiger partial charge < -0.3 is 9.53 Å². The first-order valence-electron chi connectivity index (χ1n) is 10.2. The summed E-state index contributed by atoms with van der Waals surface area (Å²) in [4.78, 5) is 4.46. The van der Waals surface area contributed by atoms with Gasteiger partial charge in [-0.25, -0.2) is 4.98 Å². The molecule has 2 unspecified atom stereocenters. The van der Waals surface area contributed by atoms with Crippen molar-refractivity contribution in [3.05, 3.63) is 77.7 Å². The minimum absolute atomic E-state index is 0.0250. The van der Waals surface area contributed by atoms with Crippen LogP contribution in [0, 0.1) is 0 Å². The Morgan fingerprint density at radius 1 is 1.07 bits per heavy atom. The number of aliphatic hydroxyl groups excluding tert-OH is 1. The van der Waals surface area contributed by atoms with E-state index in [9.17, 15) is 5.11 Å². The number of aromatic nitrogens is 2. The Labute approximate surface area is 194 Å². The molecule has 1 heterocycles. The summed E-state index contributed by atoms with van der Waals surface area (Å²) in [6, 6.07) is 16.0. The van der Waals surface area contributed by atoms with E-state index in [1.165, 1.54) is 0 Å². The van der Waals surface area contributed by atoms with Crippen LogP contribution >= 0.6 is 22.9 Å². The average Bonchev–Trinajstić information content (AvgIpc) is 3.12. The smallest absolute Gasteiger partial charge is 0.192 e. The van der Waals surface area contributed by atoms with Crippen molar-refractivity contribution in [2.75, 3.05) is 0 Å². The molecular weight excluding hydrogens is 503 g/mol. The third kappa shape index (κ3) is 5.04. The van der Waals surface area contributed by atoms with Crippen LogP contribution in [-0.4, -0.2) is 21.2 Å². The van der Waals surface area contributed by atoms with Gasteiger partial charge in [0, 0.05) is 11.8 Å². The maximum atomic E-state index is 11.2. The van der Waals surface area contributed by atoms with Crippen LogP contribution in [0.2, 0.25) is 18.1 Å². The summed E-state index contributed by atoms with van der Waals surface area (Å²) in [5.41, 5.74) is 4.59. The number of hydrogen-bond donors (Lipinski definition) is 1. The van der Waals surface area contributed by atoms with Crippen molar-refractivity contribution >= 4 is 31.2 Å². The first-order chi connectivity index (χ1) is 14.0. The number of imidazole rings is 1. The van der Waals surface area contributed by atoms with E-state index in [2.05, 4.69) is 80.8 Å². The van der Waals surface area contributed by atoms with E-state index in [0.717, 1.165) is 27.9 Å². The molecule has 0 saturated heterocycles. The van der Waals surface area contributed by atoms with E-state index in [0.29, 0.717) is 0 Å². The number of hydrogen-bond acceptors (Lipinski definition) is 3. The molecule has 0 amide bonds. The van der Waals surface area contributed by atoms with Crippen LogP contribution in [0.4, 0.5) is 0 Å². The predicted octanol–water partition coefficient (Wildman–Crippen LogP) is 6.91. The lowest BCUT2D eigenvalue weighted by Gasteiger charge is -2.38. The van der Waals surface area contributed by atoms with Crippen LogP contribution < -0.4 is 0 Å². The van der Waals surface area contributed by atoms with Gasteiger partial charge in [-0.2, -0.15) is 0 Å². The molecule has 1 N–H and O–H groups in total. The topological polar surface area (TPSA) is 47.3 Å². The maximum absolute atomic E-state index is 11.2. The number of halogens is 1. The van der Waals surface area contributed by atoms with Crippen LogP contribution in [-0.2, 0) is 4.43 Å². The molecule has 0 saturated carbocycles. The highest BCUT2D eigenvalue weighted by atomic mass is 127. The molecule has 0 aliphatic heterocycles. The summed E-state index contributed by atoms with van der Waals surface area (Å²) in [7, 11) is -1.88. The molecule has 160 valence electrons. The summed E-state index contributed by atoms with van der Waals surface area (Å²) in [6.45, 7) is 13.4. The molecule has 2 aromatic carbocycles. The van der Waals surface area contributed by atoms with E-state index >= 15 is 0 Å². The Balaban J connectivity index is 1.90. The highest BCUT2D eigenvalue weighted by Crippen LogP contribution is 2.40. The van der Waals surface area contributed by atoms with Gasteiger partial charge in [0.1, 0.15) is 12.4 Å². The molecule has 4 nitrogen and oxygen atoms in total. The molecule has 30 heavy (non-hydrogen) atoms. The summed E-state index contributed by atoms with van der Waals surface area (Å²) in [6.07, 6.45) is 2.96. The normalized spacial score (nSPS) is 14.5. The maximum Gasteiger partial charge on any atom is 0.192 e. The fourth-order valence-corrected chi connectivity index (χ4v) is 5.02. The third-order valence-corrected chi connectivity index (χ3v) is 11.1. The van der Waals surface area contributed by atoms with Crippen LogP contribution in [0.5, 0.6) is 0 Å². The molecule has 0 fully saturated rings. The highest BCUT2D eigenvalue weighted by Gasteiger charge is 2.38. The van der Waals surface area contributed by atoms with E-state index in [-0.39, 0.29) is 11.1 Å². The predicted molar refractivity (Wildman–Crippen MR) is 134 cm³/mol. The Morgan fingerprint density at radius 2 is 1.73 bits per heavy atom. The van der Waals surface area contributed by atoms with Crippen molar-refractivity contribution in [2.24, 2.45) is 0 Å². The average molecular weight is 535 g/mol. The first-order valence-corrected chi connectivity index (χ1v) is 14.1. The van der Waals surface area contributed by atoms with Crippen molar-refractivity contribution in [2.45, 2.75) is 58.0 Å². The van der Waals surface area contributed by atoms with Crippen molar-refractivity contribution in [3.8, 4) is 11.3 Å². The highest BCUT2D eigenvalue weighted by molar-refractivity contribution is 14.1. The van der Waals surface area contributed by atoms with Crippen molar-refractivity contribution in [1.29, 1.82) is 0 Å². The molecule has 2 atom stereocenters. The first kappa shape index (κ1) is 23.2. The van der Waals surface area contributed by atoms with Gasteiger partial charge in [-0.1, -0.05) is 69.3 Å². The van der Waals surface area contributed by atoms with E-state index in [1.54, 1.807) is 6.33 Å². The van der Waals surface area contributed by atoms with Crippen LogP contribution in [0.3, 0.4) is 0 Å². The molecule has 0 spiro atoms. The van der Waals surface area contributed by atoms with Gasteiger partial charge in [-0.3, -0.25) is 2.78 Å². The lowest BCUT2D eigenvalue weighted by molar-refractivity contribution is 0.201. The lowest BCUT2D eigenvalue weighted by Crippen LogP contribution is -2.41. The molecule has 0 radical (unpaired) electrons. The zero-order valence-corrected chi connectivity index (χ0v) is 21.7. The summed E-state index contributed by atoms with van der Waals surface area (Å²) >= 11 is 2.18. The SMILES string of the molecule is CC(O[Si](C)(C)C(C)(C)C)c1cccc(C(O)c2ccccc2-c2cn(I)cn2)c1. The number of rotatable bonds is 6. The second-order valence-corrected chi connectivity index (χ2v) is 15.2. The van der Waals surface area contributed by atoms with Crippen LogP contribution in [0.15, 0.2) is 61.1 Å². The van der Waals surface area contributed by atoms with Crippen LogP contribution in [0.1, 0.15) is 56.6 Å². The zero-order chi connectivity index (χ0) is 22.1. The molecule has 6 heteroatoms. The Morgan fingerprint density at radius 3 is 2.37 bits per heavy atom. The molecule has 1 aromatic heterocycles. The van der Waals surface area contributed by atoms with Crippen molar-refractivity contribution < 1.29 is 9.53 Å². The minimum Gasteiger partial charge on any atom is -0.410 e. The largest absolute Gasteiger partial charge is 0.410 e. The molecule has 0 bridgehead atoms. The monoisotopic (exact) mass is 534 g/mol. The minimum atomic E-state index is -1.88. The third-order valence-electron chi connectivity index (χ3n) is 6.06. The molecular formula is C24H31IN2O2Si. The lowest BCUT2D eigenvalue weighted by atomic mass is 9.94. The Kier molecular flexibility index (Phi) is 6.91. The van der Waals surface area contributed by atoms with E-state index in [1.807, 2.05) is 45.4 Å². The zero-order valence-electron chi connectivity index (χ0n) is 18.6. The van der Waals surface area contributed by atoms with E-state index in [4.69, 9.17) is 4.43 Å². The van der Waals surface area contributed by atoms with Gasteiger partial charge in [-0.15, -0.1) is 0 Å². The summed E-state index contributed by atoms with van der Waals surface area (Å²) < 4.78 is 8.45. The summed E-state index contributed by atoms with van der Waals surface area (Å²) in [5, 5.41) is 11.4. The molecule has 0 aliphatic carbocycles. The number of benzene rings is 2. The molecule has 0 aliphatic rings. The van der Waals surface area contributed by atoms with Gasteiger partial charge in [-0.05, 0) is 41.7 Å². The van der Waals surface area contributed by atoms with Crippen molar-refractivity contribution in [1.82, 2.24) is 7.76 Å². The van der Waals surface area contributed by atoms with E-state index < -0.39 is 14.4 Å². The van der Waals surface area contributed by atoms with Gasteiger partial charge in [0.2, 0.25) is 0 Å². The molecule has 3 rings (SSSR count). The van der Waals surface area contributed by atoms with Gasteiger partial charge in [0.25, 0.3) is 0 Å². The fraction of sp³-hybridized carbons (Fsp3) is 0.375. The van der Waals surface area contributed by atoms with Gasteiger partial charge in [0.05, 0.1) is 34.7 Å².